The minimum absolute atomic E-state index is 0.361. The highest BCUT2D eigenvalue weighted by molar-refractivity contribution is 5.75. The van der Waals surface area contributed by atoms with Gasteiger partial charge < -0.3 is 10.2 Å². The highest BCUT2D eigenvalue weighted by atomic mass is 16.2. The molecule has 1 aliphatic carbocycles. The number of hydrogen-bond donors (Lipinski definition) is 1. The first kappa shape index (κ1) is 15.8. The first-order valence-corrected chi connectivity index (χ1v) is 8.70. The predicted octanol–water partition coefficient (Wildman–Crippen LogP) is 3.20. The van der Waals surface area contributed by atoms with Crippen LogP contribution < -0.4 is 5.32 Å². The minimum atomic E-state index is 0.361. The number of amides is 1. The maximum absolute atomic E-state index is 12.2. The summed E-state index contributed by atoms with van der Waals surface area (Å²) in [5.74, 6) is 2.01. The maximum Gasteiger partial charge on any atom is 0.222 e. The van der Waals surface area contributed by atoms with Gasteiger partial charge in [-0.1, -0.05) is 32.1 Å². The molecule has 0 aromatic rings. The number of hydrogen-bond acceptors (Lipinski definition) is 2. The SMILES string of the molecule is CN(CCC1CCCCC1)C(=O)CCC1CCNCC1. The third-order valence-electron chi connectivity index (χ3n) is 5.25. The predicted molar refractivity (Wildman–Crippen MR) is 83.7 cm³/mol. The third-order valence-corrected chi connectivity index (χ3v) is 5.25. The monoisotopic (exact) mass is 280 g/mol. The molecule has 0 unspecified atom stereocenters. The molecule has 0 radical (unpaired) electrons. The number of carbonyl (C=O) groups is 1. The number of rotatable bonds is 6. The molecule has 0 aromatic heterocycles. The fourth-order valence-electron chi connectivity index (χ4n) is 3.67. The van der Waals surface area contributed by atoms with Gasteiger partial charge in [0, 0.05) is 20.0 Å². The Morgan fingerprint density at radius 3 is 2.35 bits per heavy atom. The van der Waals surface area contributed by atoms with Gasteiger partial charge in [0.1, 0.15) is 0 Å². The van der Waals surface area contributed by atoms with Crippen LogP contribution in [-0.4, -0.2) is 37.5 Å². The summed E-state index contributed by atoms with van der Waals surface area (Å²) in [5.41, 5.74) is 0. The Morgan fingerprint density at radius 1 is 1.00 bits per heavy atom. The smallest absolute Gasteiger partial charge is 0.222 e. The van der Waals surface area contributed by atoms with Crippen LogP contribution in [0.2, 0.25) is 0 Å². The zero-order valence-corrected chi connectivity index (χ0v) is 13.2. The van der Waals surface area contributed by atoms with Gasteiger partial charge in [0.05, 0.1) is 0 Å². The van der Waals surface area contributed by atoms with E-state index in [0.29, 0.717) is 5.91 Å². The average Bonchev–Trinajstić information content (AvgIpc) is 2.52. The molecule has 20 heavy (non-hydrogen) atoms. The molecule has 1 heterocycles. The topological polar surface area (TPSA) is 32.3 Å². The van der Waals surface area contributed by atoms with E-state index in [-0.39, 0.29) is 0 Å². The quantitative estimate of drug-likeness (QED) is 0.810. The Morgan fingerprint density at radius 2 is 1.65 bits per heavy atom. The molecule has 0 aromatic carbocycles. The van der Waals surface area contributed by atoms with E-state index in [9.17, 15) is 4.79 Å². The average molecular weight is 280 g/mol. The number of nitrogens with zero attached hydrogens (tertiary/aromatic N) is 1. The van der Waals surface area contributed by atoms with Crippen LogP contribution in [-0.2, 0) is 4.79 Å². The zero-order chi connectivity index (χ0) is 14.2. The van der Waals surface area contributed by atoms with Gasteiger partial charge in [-0.25, -0.2) is 0 Å². The summed E-state index contributed by atoms with van der Waals surface area (Å²) in [6.45, 7) is 3.24. The Kier molecular flexibility index (Phi) is 6.85. The van der Waals surface area contributed by atoms with Crippen molar-refractivity contribution in [2.24, 2.45) is 11.8 Å². The second kappa shape index (κ2) is 8.66. The van der Waals surface area contributed by atoms with Gasteiger partial charge in [0.25, 0.3) is 0 Å². The van der Waals surface area contributed by atoms with Crippen LogP contribution in [0.5, 0.6) is 0 Å². The van der Waals surface area contributed by atoms with Crippen LogP contribution in [0.15, 0.2) is 0 Å². The Balaban J connectivity index is 1.58. The lowest BCUT2D eigenvalue weighted by Gasteiger charge is -2.26. The van der Waals surface area contributed by atoms with Crippen molar-refractivity contribution < 1.29 is 4.79 Å². The Labute approximate surface area is 124 Å². The summed E-state index contributed by atoms with van der Waals surface area (Å²) in [4.78, 5) is 14.2. The van der Waals surface area contributed by atoms with Crippen LogP contribution in [0.25, 0.3) is 0 Å². The molecule has 0 atom stereocenters. The molecule has 3 heteroatoms. The zero-order valence-electron chi connectivity index (χ0n) is 13.2. The molecular formula is C17H32N2O. The van der Waals surface area contributed by atoms with Gasteiger partial charge in [-0.2, -0.15) is 0 Å². The second-order valence-corrected chi connectivity index (χ2v) is 6.84. The summed E-state index contributed by atoms with van der Waals surface area (Å²) in [5, 5.41) is 3.39. The maximum atomic E-state index is 12.2. The van der Waals surface area contributed by atoms with Gasteiger partial charge in [-0.15, -0.1) is 0 Å². The molecule has 2 rings (SSSR count). The lowest BCUT2D eigenvalue weighted by atomic mass is 9.87. The molecule has 0 bridgehead atoms. The summed E-state index contributed by atoms with van der Waals surface area (Å²) in [6.07, 6.45) is 12.6. The highest BCUT2D eigenvalue weighted by Crippen LogP contribution is 2.26. The number of piperidine rings is 1. The van der Waals surface area contributed by atoms with Gasteiger partial charge in [-0.3, -0.25) is 4.79 Å². The van der Waals surface area contributed by atoms with Crippen molar-refractivity contribution in [3.05, 3.63) is 0 Å². The van der Waals surface area contributed by atoms with E-state index in [4.69, 9.17) is 0 Å². The standard InChI is InChI=1S/C17H32N2O/c1-19(14-11-15-5-3-2-4-6-15)17(20)8-7-16-9-12-18-13-10-16/h15-16,18H,2-14H2,1H3. The van der Waals surface area contributed by atoms with E-state index in [1.54, 1.807) is 0 Å². The minimum Gasteiger partial charge on any atom is -0.346 e. The normalized spacial score (nSPS) is 21.9. The first-order valence-electron chi connectivity index (χ1n) is 8.70. The van der Waals surface area contributed by atoms with E-state index in [0.717, 1.165) is 44.3 Å². The molecular weight excluding hydrogens is 248 g/mol. The molecule has 0 spiro atoms. The second-order valence-electron chi connectivity index (χ2n) is 6.84. The lowest BCUT2D eigenvalue weighted by molar-refractivity contribution is -0.130. The fraction of sp³-hybridized carbons (Fsp3) is 0.941. The van der Waals surface area contributed by atoms with Gasteiger partial charge in [-0.05, 0) is 50.6 Å². The number of nitrogens with one attached hydrogen (secondary N) is 1. The van der Waals surface area contributed by atoms with Crippen molar-refractivity contribution in [3.8, 4) is 0 Å². The summed E-state index contributed by atoms with van der Waals surface area (Å²) in [7, 11) is 1.99. The van der Waals surface area contributed by atoms with Crippen molar-refractivity contribution in [2.45, 2.75) is 64.2 Å². The van der Waals surface area contributed by atoms with Gasteiger partial charge in [0.15, 0.2) is 0 Å². The molecule has 3 nitrogen and oxygen atoms in total. The van der Waals surface area contributed by atoms with E-state index < -0.39 is 0 Å². The van der Waals surface area contributed by atoms with E-state index >= 15 is 0 Å². The highest BCUT2D eigenvalue weighted by Gasteiger charge is 2.18. The van der Waals surface area contributed by atoms with Crippen LogP contribution in [0.4, 0.5) is 0 Å². The van der Waals surface area contributed by atoms with Gasteiger partial charge in [0.2, 0.25) is 5.91 Å². The Bertz CT molecular complexity index is 281. The molecule has 2 aliphatic rings. The van der Waals surface area contributed by atoms with E-state index in [1.165, 1.54) is 51.4 Å². The van der Waals surface area contributed by atoms with Crippen LogP contribution in [0, 0.1) is 11.8 Å². The van der Waals surface area contributed by atoms with Crippen LogP contribution in [0.1, 0.15) is 64.2 Å². The summed E-state index contributed by atoms with van der Waals surface area (Å²) in [6, 6.07) is 0. The molecule has 1 saturated carbocycles. The molecule has 1 N–H and O–H groups in total. The molecule has 1 amide bonds. The van der Waals surface area contributed by atoms with Crippen molar-refractivity contribution in [1.82, 2.24) is 10.2 Å². The van der Waals surface area contributed by atoms with Crippen molar-refractivity contribution >= 4 is 5.91 Å². The molecule has 2 fully saturated rings. The Hall–Kier alpha value is -0.570. The van der Waals surface area contributed by atoms with Crippen LogP contribution >= 0.6 is 0 Å². The third kappa shape index (κ3) is 5.43. The lowest BCUT2D eigenvalue weighted by Crippen LogP contribution is -2.31. The van der Waals surface area contributed by atoms with Crippen molar-refractivity contribution in [1.29, 1.82) is 0 Å². The summed E-state index contributed by atoms with van der Waals surface area (Å²) < 4.78 is 0. The van der Waals surface area contributed by atoms with Crippen molar-refractivity contribution in [3.63, 3.8) is 0 Å². The van der Waals surface area contributed by atoms with E-state index in [2.05, 4.69) is 5.32 Å². The summed E-state index contributed by atoms with van der Waals surface area (Å²) >= 11 is 0. The molecule has 116 valence electrons. The van der Waals surface area contributed by atoms with Crippen molar-refractivity contribution in [2.75, 3.05) is 26.7 Å². The largest absolute Gasteiger partial charge is 0.346 e. The fourth-order valence-corrected chi connectivity index (χ4v) is 3.67. The van der Waals surface area contributed by atoms with E-state index in [1.807, 2.05) is 11.9 Å². The first-order chi connectivity index (χ1) is 9.75. The van der Waals surface area contributed by atoms with Crippen LogP contribution in [0.3, 0.4) is 0 Å². The number of carbonyl (C=O) groups excluding carboxylic acids is 1. The molecule has 1 aliphatic heterocycles. The molecule has 1 saturated heterocycles. The van der Waals surface area contributed by atoms with Gasteiger partial charge >= 0.3 is 0 Å².